The summed E-state index contributed by atoms with van der Waals surface area (Å²) in [5.41, 5.74) is 2.60. The first-order valence-corrected chi connectivity index (χ1v) is 9.52. The minimum Gasteiger partial charge on any atom is -0.324 e. The number of hydrogen-bond donors (Lipinski definition) is 1. The number of halogens is 1. The van der Waals surface area contributed by atoms with Gasteiger partial charge < -0.3 is 5.32 Å². The molecule has 2 heterocycles. The highest BCUT2D eigenvalue weighted by molar-refractivity contribution is 9.10. The van der Waals surface area contributed by atoms with Crippen molar-refractivity contribution < 1.29 is 4.79 Å². The van der Waals surface area contributed by atoms with Gasteiger partial charge in [0, 0.05) is 10.2 Å². The van der Waals surface area contributed by atoms with E-state index >= 15 is 0 Å². The first-order valence-electron chi connectivity index (χ1n) is 8.73. The molecule has 0 saturated carbocycles. The molecule has 0 spiro atoms. The zero-order chi connectivity index (χ0) is 20.5. The van der Waals surface area contributed by atoms with Gasteiger partial charge in [-0.25, -0.2) is 4.98 Å². The van der Waals surface area contributed by atoms with Crippen molar-refractivity contribution in [3.05, 3.63) is 68.9 Å². The summed E-state index contributed by atoms with van der Waals surface area (Å²) in [6.45, 7) is 3.57. The van der Waals surface area contributed by atoms with Crippen LogP contribution in [0.3, 0.4) is 0 Å². The van der Waals surface area contributed by atoms with Crippen LogP contribution in [0.4, 0.5) is 5.69 Å². The van der Waals surface area contributed by atoms with Crippen molar-refractivity contribution in [2.45, 2.75) is 20.4 Å². The van der Waals surface area contributed by atoms with Gasteiger partial charge in [0.05, 0.1) is 22.9 Å². The SMILES string of the molecule is Cc1ccc(NC(=O)Cn2cnc3ccc(Br)cc3c2=O)cc1-n1nnnc1C. The van der Waals surface area contributed by atoms with Gasteiger partial charge in [0.1, 0.15) is 6.54 Å². The highest BCUT2D eigenvalue weighted by Gasteiger charge is 2.12. The average Bonchev–Trinajstić information content (AvgIpc) is 3.12. The maximum absolute atomic E-state index is 12.7. The number of carbonyl (C=O) groups is 1. The Hall–Kier alpha value is -3.40. The molecule has 10 heteroatoms. The number of tetrazole rings is 1. The van der Waals surface area contributed by atoms with E-state index in [2.05, 4.69) is 41.8 Å². The molecule has 1 amide bonds. The molecule has 29 heavy (non-hydrogen) atoms. The minimum absolute atomic E-state index is 0.151. The summed E-state index contributed by atoms with van der Waals surface area (Å²) in [5, 5.41) is 14.8. The van der Waals surface area contributed by atoms with E-state index in [4.69, 9.17) is 0 Å². The van der Waals surface area contributed by atoms with Crippen molar-refractivity contribution >= 4 is 38.4 Å². The second kappa shape index (κ2) is 7.55. The van der Waals surface area contributed by atoms with E-state index in [-0.39, 0.29) is 18.0 Å². The third-order valence-corrected chi connectivity index (χ3v) is 4.94. The quantitative estimate of drug-likeness (QED) is 0.508. The third-order valence-electron chi connectivity index (χ3n) is 4.45. The summed E-state index contributed by atoms with van der Waals surface area (Å²) in [7, 11) is 0. The molecule has 2 aromatic carbocycles. The number of nitrogens with one attached hydrogen (secondary N) is 1. The van der Waals surface area contributed by atoms with E-state index in [0.717, 1.165) is 15.7 Å². The summed E-state index contributed by atoms with van der Waals surface area (Å²) < 4.78 is 3.65. The van der Waals surface area contributed by atoms with Crippen LogP contribution in [0, 0.1) is 13.8 Å². The monoisotopic (exact) mass is 453 g/mol. The Morgan fingerprint density at radius 1 is 1.17 bits per heavy atom. The molecule has 2 aromatic heterocycles. The van der Waals surface area contributed by atoms with Crippen molar-refractivity contribution in [1.82, 2.24) is 29.8 Å². The van der Waals surface area contributed by atoms with Crippen LogP contribution in [0.2, 0.25) is 0 Å². The number of carbonyl (C=O) groups excluding carboxylic acids is 1. The van der Waals surface area contributed by atoms with Gasteiger partial charge in [-0.2, -0.15) is 4.68 Å². The van der Waals surface area contributed by atoms with Gasteiger partial charge in [-0.3, -0.25) is 14.2 Å². The maximum Gasteiger partial charge on any atom is 0.261 e. The third kappa shape index (κ3) is 3.79. The number of benzene rings is 2. The lowest BCUT2D eigenvalue weighted by Crippen LogP contribution is -2.28. The number of rotatable bonds is 4. The van der Waals surface area contributed by atoms with Crippen LogP contribution in [-0.4, -0.2) is 35.7 Å². The lowest BCUT2D eigenvalue weighted by atomic mass is 10.2. The molecule has 1 N–H and O–H groups in total. The number of amides is 1. The Balaban J connectivity index is 1.58. The molecule has 0 saturated heterocycles. The Morgan fingerprint density at radius 2 is 2.00 bits per heavy atom. The van der Waals surface area contributed by atoms with Crippen molar-refractivity contribution in [3.63, 3.8) is 0 Å². The fourth-order valence-electron chi connectivity index (χ4n) is 2.97. The van der Waals surface area contributed by atoms with Gasteiger partial charge in [0.2, 0.25) is 5.91 Å². The molecule has 0 unspecified atom stereocenters. The first kappa shape index (κ1) is 18.9. The maximum atomic E-state index is 12.7. The van der Waals surface area contributed by atoms with E-state index in [9.17, 15) is 9.59 Å². The highest BCUT2D eigenvalue weighted by atomic mass is 79.9. The van der Waals surface area contributed by atoms with E-state index in [0.29, 0.717) is 22.4 Å². The van der Waals surface area contributed by atoms with Crippen LogP contribution in [0.5, 0.6) is 0 Å². The smallest absolute Gasteiger partial charge is 0.261 e. The number of aromatic nitrogens is 6. The highest BCUT2D eigenvalue weighted by Crippen LogP contribution is 2.19. The predicted molar refractivity (Wildman–Crippen MR) is 111 cm³/mol. The van der Waals surface area contributed by atoms with E-state index in [1.807, 2.05) is 19.1 Å². The fourth-order valence-corrected chi connectivity index (χ4v) is 3.33. The Bertz CT molecular complexity index is 1300. The van der Waals surface area contributed by atoms with Crippen LogP contribution in [0.15, 0.2) is 52.0 Å². The van der Waals surface area contributed by atoms with Gasteiger partial charge in [0.25, 0.3) is 5.56 Å². The van der Waals surface area contributed by atoms with E-state index in [1.165, 1.54) is 10.9 Å². The molecule has 9 nitrogen and oxygen atoms in total. The zero-order valence-corrected chi connectivity index (χ0v) is 17.2. The standard InChI is InChI=1S/C19H16BrN7O2/c1-11-3-5-14(8-17(11)27-12(2)23-24-25-27)22-18(28)9-26-10-21-16-6-4-13(20)7-15(16)19(26)29/h3-8,10H,9H2,1-2H3,(H,22,28). The molecule has 0 fully saturated rings. The predicted octanol–water partition coefficient (Wildman–Crippen LogP) is 2.39. The molecule has 0 aliphatic rings. The molecular formula is C19H16BrN7O2. The number of nitrogens with zero attached hydrogens (tertiary/aromatic N) is 6. The number of anilines is 1. The van der Waals surface area contributed by atoms with Crippen molar-refractivity contribution in [2.24, 2.45) is 0 Å². The van der Waals surface area contributed by atoms with E-state index in [1.54, 1.807) is 35.9 Å². The molecule has 146 valence electrons. The number of fused-ring (bicyclic) bond motifs is 1. The molecule has 0 aliphatic heterocycles. The average molecular weight is 454 g/mol. The topological polar surface area (TPSA) is 108 Å². The number of aryl methyl sites for hydroxylation is 2. The molecular weight excluding hydrogens is 438 g/mol. The summed E-state index contributed by atoms with van der Waals surface area (Å²) in [4.78, 5) is 29.4. The Morgan fingerprint density at radius 3 is 2.76 bits per heavy atom. The molecule has 4 aromatic rings. The largest absolute Gasteiger partial charge is 0.324 e. The fraction of sp³-hybridized carbons (Fsp3) is 0.158. The lowest BCUT2D eigenvalue weighted by Gasteiger charge is -2.11. The van der Waals surface area contributed by atoms with Gasteiger partial charge in [0.15, 0.2) is 5.82 Å². The molecule has 0 radical (unpaired) electrons. The van der Waals surface area contributed by atoms with Gasteiger partial charge in [-0.1, -0.05) is 22.0 Å². The van der Waals surface area contributed by atoms with Crippen LogP contribution >= 0.6 is 15.9 Å². The minimum atomic E-state index is -0.341. The van der Waals surface area contributed by atoms with Crippen molar-refractivity contribution in [1.29, 1.82) is 0 Å². The van der Waals surface area contributed by atoms with Gasteiger partial charge in [-0.05, 0) is 60.2 Å². The van der Waals surface area contributed by atoms with Gasteiger partial charge in [-0.15, -0.1) is 5.10 Å². The second-order valence-corrected chi connectivity index (χ2v) is 7.44. The summed E-state index contributed by atoms with van der Waals surface area (Å²) in [5.74, 6) is 0.294. The van der Waals surface area contributed by atoms with Crippen LogP contribution in [0.1, 0.15) is 11.4 Å². The normalized spacial score (nSPS) is 11.0. The summed E-state index contributed by atoms with van der Waals surface area (Å²) in [6.07, 6.45) is 1.38. The molecule has 0 atom stereocenters. The molecule has 4 rings (SSSR count). The summed E-state index contributed by atoms with van der Waals surface area (Å²) >= 11 is 3.35. The molecule has 0 bridgehead atoms. The second-order valence-electron chi connectivity index (χ2n) is 6.53. The first-order chi connectivity index (χ1) is 13.9. The van der Waals surface area contributed by atoms with Crippen molar-refractivity contribution in [2.75, 3.05) is 5.32 Å². The van der Waals surface area contributed by atoms with E-state index < -0.39 is 0 Å². The number of hydrogen-bond acceptors (Lipinski definition) is 6. The van der Waals surface area contributed by atoms with Crippen LogP contribution in [0.25, 0.3) is 16.6 Å². The van der Waals surface area contributed by atoms with Crippen LogP contribution in [-0.2, 0) is 11.3 Å². The van der Waals surface area contributed by atoms with Gasteiger partial charge >= 0.3 is 0 Å². The molecule has 0 aliphatic carbocycles. The lowest BCUT2D eigenvalue weighted by molar-refractivity contribution is -0.116. The Labute approximate surface area is 173 Å². The van der Waals surface area contributed by atoms with Crippen molar-refractivity contribution in [3.8, 4) is 5.69 Å². The Kier molecular flexibility index (Phi) is 4.93. The van der Waals surface area contributed by atoms with Crippen LogP contribution < -0.4 is 10.9 Å². The zero-order valence-electron chi connectivity index (χ0n) is 15.6. The summed E-state index contributed by atoms with van der Waals surface area (Å²) in [6, 6.07) is 10.7.